The molecule has 2 heterocycles. The van der Waals surface area contributed by atoms with Crippen LogP contribution in [0.15, 0.2) is 59.9 Å². The van der Waals surface area contributed by atoms with E-state index in [1.165, 1.54) is 12.1 Å². The lowest BCUT2D eigenvalue weighted by Gasteiger charge is -2.11. The van der Waals surface area contributed by atoms with E-state index in [-0.39, 0.29) is 17.6 Å². The van der Waals surface area contributed by atoms with Gasteiger partial charge < -0.3 is 14.2 Å². The third-order valence-corrected chi connectivity index (χ3v) is 4.94. The summed E-state index contributed by atoms with van der Waals surface area (Å²) in [5, 5.41) is 15.6. The maximum atomic E-state index is 13.7. The van der Waals surface area contributed by atoms with Crippen LogP contribution >= 0.6 is 0 Å². The van der Waals surface area contributed by atoms with E-state index in [1.54, 1.807) is 25.3 Å². The Balaban J connectivity index is 1.75. The molecule has 31 heavy (non-hydrogen) atoms. The molecular formula is C23H24FN6O+. The summed E-state index contributed by atoms with van der Waals surface area (Å²) in [6, 6.07) is 12.0. The first-order valence-electron chi connectivity index (χ1n) is 10.1. The maximum Gasteiger partial charge on any atom is 0.329 e. The van der Waals surface area contributed by atoms with Crippen molar-refractivity contribution in [2.45, 2.75) is 33.4 Å². The normalized spacial score (nSPS) is 11.9. The van der Waals surface area contributed by atoms with Gasteiger partial charge in [-0.25, -0.2) is 14.4 Å². The van der Waals surface area contributed by atoms with E-state index in [0.29, 0.717) is 23.5 Å². The molecular weight excluding hydrogens is 395 g/mol. The Morgan fingerprint density at radius 2 is 2.06 bits per heavy atom. The predicted octanol–water partition coefficient (Wildman–Crippen LogP) is 3.97. The average Bonchev–Trinajstić information content (AvgIpc) is 3.32. The van der Waals surface area contributed by atoms with Crippen LogP contribution in [0.1, 0.15) is 31.7 Å². The number of hydrogen-bond donors (Lipinski definition) is 1. The molecule has 158 valence electrons. The number of fused-ring (bicyclic) bond motifs is 1. The van der Waals surface area contributed by atoms with Gasteiger partial charge >= 0.3 is 5.90 Å². The molecule has 0 atom stereocenters. The highest BCUT2D eigenvalue weighted by Gasteiger charge is 2.15. The molecule has 0 saturated carbocycles. The minimum Gasteiger partial charge on any atom is -0.582 e. The van der Waals surface area contributed by atoms with Crippen LogP contribution in [0.5, 0.6) is 0 Å². The molecule has 0 bridgehead atoms. The van der Waals surface area contributed by atoms with Crippen LogP contribution in [0.4, 0.5) is 4.39 Å². The van der Waals surface area contributed by atoms with Gasteiger partial charge in [0.15, 0.2) is 5.84 Å². The molecule has 8 heteroatoms. The van der Waals surface area contributed by atoms with Gasteiger partial charge in [-0.3, -0.25) is 5.41 Å². The number of rotatable bonds is 6. The highest BCUT2D eigenvalue weighted by atomic mass is 19.1. The van der Waals surface area contributed by atoms with E-state index in [9.17, 15) is 4.39 Å². The number of nitrogens with one attached hydrogen (secondary N) is 1. The zero-order valence-corrected chi connectivity index (χ0v) is 17.4. The molecule has 0 spiro atoms. The summed E-state index contributed by atoms with van der Waals surface area (Å²) in [5.74, 6) is 1.39. The van der Waals surface area contributed by atoms with Crippen molar-refractivity contribution in [3.05, 3.63) is 72.1 Å². The van der Waals surface area contributed by atoms with E-state index in [1.807, 2.05) is 29.0 Å². The Kier molecular flexibility index (Phi) is 5.62. The topological polar surface area (TPSA) is 94.8 Å². The summed E-state index contributed by atoms with van der Waals surface area (Å²) in [7, 11) is 0. The lowest BCUT2D eigenvalue weighted by molar-refractivity contribution is 0.549. The molecule has 2 aromatic carbocycles. The first-order chi connectivity index (χ1) is 15.0. The second-order valence-electron chi connectivity index (χ2n) is 7.32. The van der Waals surface area contributed by atoms with Crippen molar-refractivity contribution < 1.29 is 9.50 Å². The summed E-state index contributed by atoms with van der Waals surface area (Å²) >= 11 is 0. The Morgan fingerprint density at radius 1 is 1.23 bits per heavy atom. The molecule has 0 unspecified atom stereocenters. The summed E-state index contributed by atoms with van der Waals surface area (Å²) in [6.07, 6.45) is 4.49. The molecule has 3 N–H and O–H groups in total. The Hall–Kier alpha value is -3.81. The zero-order valence-electron chi connectivity index (χ0n) is 17.4. The third kappa shape index (κ3) is 4.23. The Morgan fingerprint density at radius 3 is 2.81 bits per heavy atom. The van der Waals surface area contributed by atoms with Gasteiger partial charge in [-0.1, -0.05) is 19.1 Å². The first-order valence-corrected chi connectivity index (χ1v) is 10.1. The summed E-state index contributed by atoms with van der Waals surface area (Å²) in [6.45, 7) is 4.91. The molecule has 0 radical (unpaired) electrons. The van der Waals surface area contributed by atoms with E-state index >= 15 is 0 Å². The van der Waals surface area contributed by atoms with Crippen LogP contribution in [-0.2, 0) is 13.1 Å². The minimum atomic E-state index is -0.300. The molecule has 0 saturated heterocycles. The molecule has 4 rings (SSSR count). The quantitative estimate of drug-likeness (QED) is 0.291. The van der Waals surface area contributed by atoms with Gasteiger partial charge in [-0.05, 0) is 36.8 Å². The van der Waals surface area contributed by atoms with Crippen LogP contribution in [0, 0.1) is 11.2 Å². The van der Waals surface area contributed by atoms with E-state index in [2.05, 4.69) is 21.5 Å². The number of imidazole rings is 2. The molecule has 0 aliphatic heterocycles. The number of nitrogens with zero attached hydrogens (tertiary/aromatic N) is 5. The molecule has 0 amide bonds. The second kappa shape index (κ2) is 8.51. The van der Waals surface area contributed by atoms with Crippen LogP contribution < -0.4 is 0 Å². The van der Waals surface area contributed by atoms with Crippen molar-refractivity contribution in [2.24, 2.45) is 4.99 Å². The van der Waals surface area contributed by atoms with Crippen molar-refractivity contribution in [3.8, 4) is 11.4 Å². The lowest BCUT2D eigenvalue weighted by atomic mass is 10.2. The van der Waals surface area contributed by atoms with Crippen LogP contribution in [0.3, 0.4) is 0 Å². The van der Waals surface area contributed by atoms with Gasteiger partial charge in [0, 0.05) is 30.1 Å². The van der Waals surface area contributed by atoms with Crippen molar-refractivity contribution in [1.82, 2.24) is 19.1 Å². The van der Waals surface area contributed by atoms with Crippen LogP contribution in [0.25, 0.3) is 22.4 Å². The first kappa shape index (κ1) is 20.5. The molecule has 0 aliphatic rings. The second-order valence-corrected chi connectivity index (χ2v) is 7.32. The predicted molar refractivity (Wildman–Crippen MR) is 120 cm³/mol. The minimum absolute atomic E-state index is 0.0585. The van der Waals surface area contributed by atoms with Crippen molar-refractivity contribution in [3.63, 3.8) is 0 Å². The van der Waals surface area contributed by atoms with Gasteiger partial charge in [0.1, 0.15) is 17.5 Å². The number of hydrogen-bond acceptors (Lipinski definition) is 3. The number of aromatic nitrogens is 4. The van der Waals surface area contributed by atoms with Crippen LogP contribution in [0.2, 0.25) is 0 Å². The van der Waals surface area contributed by atoms with Gasteiger partial charge in [0.05, 0.1) is 24.5 Å². The van der Waals surface area contributed by atoms with E-state index < -0.39 is 0 Å². The standard InChI is InChI=1S/C23H23FN6O/c1-3-10-30-20-13-16(22(25)27-15(2)31)7-8-19(20)28-21(30)14-29-11-9-26-23(29)17-5-4-6-18(24)12-17/h4-9,11-13H,3,10,14H2,1-2H3,(H2,25,27,31)/p+1. The maximum absolute atomic E-state index is 13.7. The van der Waals surface area contributed by atoms with E-state index in [4.69, 9.17) is 15.5 Å². The smallest absolute Gasteiger partial charge is 0.329 e. The monoisotopic (exact) mass is 419 g/mol. The summed E-state index contributed by atoms with van der Waals surface area (Å²) in [5.41, 5.74) is 3.11. The fourth-order valence-corrected chi connectivity index (χ4v) is 3.62. The summed E-state index contributed by atoms with van der Waals surface area (Å²) in [4.78, 5) is 13.2. The lowest BCUT2D eigenvalue weighted by Crippen LogP contribution is -2.09. The number of halogens is 1. The molecule has 7 nitrogen and oxygen atoms in total. The molecule has 0 fully saturated rings. The van der Waals surface area contributed by atoms with E-state index in [0.717, 1.165) is 29.8 Å². The number of amidine groups is 1. The average molecular weight is 419 g/mol. The SMILES string of the molecule is CCCn1c(Cn2ccnc2-c2cccc(F)c2)nc2ccc(C(=N)N=C(C)[OH2+])cc21. The Labute approximate surface area is 179 Å². The molecule has 4 aromatic rings. The Bertz CT molecular complexity index is 1280. The molecule has 2 aromatic heterocycles. The number of aliphatic imine (C=N–C) groups is 1. The van der Waals surface area contributed by atoms with Gasteiger partial charge in [0.2, 0.25) is 0 Å². The third-order valence-electron chi connectivity index (χ3n) is 4.94. The highest BCUT2D eigenvalue weighted by molar-refractivity contribution is 6.04. The zero-order chi connectivity index (χ0) is 22.0. The van der Waals surface area contributed by atoms with Crippen molar-refractivity contribution >= 4 is 22.8 Å². The number of aryl methyl sites for hydroxylation is 1. The van der Waals surface area contributed by atoms with Crippen LogP contribution in [-0.4, -0.2) is 35.9 Å². The highest BCUT2D eigenvalue weighted by Crippen LogP contribution is 2.23. The fourth-order valence-electron chi connectivity index (χ4n) is 3.62. The summed E-state index contributed by atoms with van der Waals surface area (Å²) < 4.78 is 17.8. The largest absolute Gasteiger partial charge is 0.582 e. The van der Waals surface area contributed by atoms with Gasteiger partial charge in [-0.15, -0.1) is 0 Å². The molecule has 0 aliphatic carbocycles. The number of benzene rings is 2. The fraction of sp³-hybridized carbons (Fsp3) is 0.217. The van der Waals surface area contributed by atoms with Gasteiger partial charge in [0.25, 0.3) is 0 Å². The van der Waals surface area contributed by atoms with Gasteiger partial charge in [-0.2, -0.15) is 4.99 Å². The van der Waals surface area contributed by atoms with Crippen molar-refractivity contribution in [2.75, 3.05) is 0 Å². The van der Waals surface area contributed by atoms with Crippen molar-refractivity contribution in [1.29, 1.82) is 5.41 Å².